The molecule has 0 saturated heterocycles. The number of carbonyl (C=O) groups is 1. The Morgan fingerprint density at radius 1 is 1.35 bits per heavy atom. The van der Waals surface area contributed by atoms with Crippen molar-refractivity contribution < 1.29 is 18.3 Å². The molecule has 2 fully saturated rings. The number of thiophene rings is 1. The standard InChI is InChI=1S/C14H18O4S2/c1-20(17,18)12-7-6-11(19-12)14(13(15)16)8-10(14)9-4-2-3-5-9/h6-7,9-10H,2-5,8H2,1H3,(H,15,16). The number of hydrogen-bond donors (Lipinski definition) is 1. The summed E-state index contributed by atoms with van der Waals surface area (Å²) in [7, 11) is -3.25. The SMILES string of the molecule is CS(=O)(=O)c1ccc(C2(C(=O)O)CC2C2CCCC2)s1. The van der Waals surface area contributed by atoms with Gasteiger partial charge in [-0.25, -0.2) is 8.42 Å². The normalized spacial score (nSPS) is 30.6. The van der Waals surface area contributed by atoms with Gasteiger partial charge in [-0.1, -0.05) is 25.7 Å². The Morgan fingerprint density at radius 2 is 2.00 bits per heavy atom. The molecule has 3 rings (SSSR count). The van der Waals surface area contributed by atoms with E-state index in [1.54, 1.807) is 12.1 Å². The van der Waals surface area contributed by atoms with Gasteiger partial charge in [0.15, 0.2) is 9.84 Å². The first kappa shape index (κ1) is 14.1. The molecule has 2 unspecified atom stereocenters. The topological polar surface area (TPSA) is 71.4 Å². The van der Waals surface area contributed by atoms with Crippen molar-refractivity contribution in [3.05, 3.63) is 17.0 Å². The van der Waals surface area contributed by atoms with Crippen molar-refractivity contribution >= 4 is 27.1 Å². The number of aliphatic carboxylic acids is 1. The van der Waals surface area contributed by atoms with E-state index in [0.29, 0.717) is 17.2 Å². The van der Waals surface area contributed by atoms with Crippen LogP contribution in [0.1, 0.15) is 37.0 Å². The van der Waals surface area contributed by atoms with E-state index in [4.69, 9.17) is 0 Å². The molecule has 1 aromatic heterocycles. The molecule has 6 heteroatoms. The summed E-state index contributed by atoms with van der Waals surface area (Å²) in [6.45, 7) is 0. The Morgan fingerprint density at radius 3 is 2.50 bits per heavy atom. The van der Waals surface area contributed by atoms with Gasteiger partial charge in [0.05, 0.1) is 0 Å². The zero-order valence-electron chi connectivity index (χ0n) is 11.3. The van der Waals surface area contributed by atoms with Crippen LogP contribution in [0.15, 0.2) is 16.3 Å². The lowest BCUT2D eigenvalue weighted by Gasteiger charge is -2.14. The predicted molar refractivity (Wildman–Crippen MR) is 76.8 cm³/mol. The van der Waals surface area contributed by atoms with Gasteiger partial charge in [0.1, 0.15) is 9.62 Å². The predicted octanol–water partition coefficient (Wildman–Crippen LogP) is 2.68. The van der Waals surface area contributed by atoms with Gasteiger partial charge in [0, 0.05) is 11.1 Å². The van der Waals surface area contributed by atoms with Crippen LogP contribution >= 0.6 is 11.3 Å². The van der Waals surface area contributed by atoms with Gasteiger partial charge in [0.2, 0.25) is 0 Å². The van der Waals surface area contributed by atoms with Crippen LogP contribution in [0, 0.1) is 11.8 Å². The van der Waals surface area contributed by atoms with Crippen LogP contribution in [0.2, 0.25) is 0 Å². The summed E-state index contributed by atoms with van der Waals surface area (Å²) in [4.78, 5) is 12.5. The van der Waals surface area contributed by atoms with Crippen LogP contribution in [0.4, 0.5) is 0 Å². The maximum atomic E-state index is 11.8. The van der Waals surface area contributed by atoms with Gasteiger partial charge in [-0.3, -0.25) is 4.79 Å². The fourth-order valence-electron chi connectivity index (χ4n) is 3.61. The Hall–Kier alpha value is -0.880. The quantitative estimate of drug-likeness (QED) is 0.927. The molecule has 2 aliphatic rings. The van der Waals surface area contributed by atoms with Crippen molar-refractivity contribution in [2.24, 2.45) is 11.8 Å². The molecule has 2 atom stereocenters. The highest BCUT2D eigenvalue weighted by molar-refractivity contribution is 7.92. The van der Waals surface area contributed by atoms with E-state index in [1.807, 2.05) is 0 Å². The van der Waals surface area contributed by atoms with Crippen molar-refractivity contribution in [1.82, 2.24) is 0 Å². The molecule has 0 spiro atoms. The fourth-order valence-corrected chi connectivity index (χ4v) is 5.79. The highest BCUT2D eigenvalue weighted by Gasteiger charge is 2.64. The van der Waals surface area contributed by atoms with Crippen molar-refractivity contribution in [3.8, 4) is 0 Å². The zero-order valence-corrected chi connectivity index (χ0v) is 13.0. The summed E-state index contributed by atoms with van der Waals surface area (Å²) in [6.07, 6.45) is 6.44. The van der Waals surface area contributed by atoms with E-state index in [0.717, 1.165) is 30.4 Å². The van der Waals surface area contributed by atoms with Gasteiger partial charge in [-0.05, 0) is 30.4 Å². The number of rotatable bonds is 4. The molecule has 1 aromatic rings. The van der Waals surface area contributed by atoms with Gasteiger partial charge in [-0.15, -0.1) is 11.3 Å². The molecule has 0 aromatic carbocycles. The minimum absolute atomic E-state index is 0.188. The third-order valence-corrected chi connectivity index (χ3v) is 7.83. The molecule has 1 N–H and O–H groups in total. The first-order valence-corrected chi connectivity index (χ1v) is 9.60. The highest BCUT2D eigenvalue weighted by atomic mass is 32.2. The van der Waals surface area contributed by atoms with Gasteiger partial charge in [-0.2, -0.15) is 0 Å². The molecule has 0 amide bonds. The average Bonchev–Trinajstić information content (AvgIpc) is 2.82. The van der Waals surface area contributed by atoms with E-state index < -0.39 is 21.2 Å². The number of carboxylic acids is 1. The largest absolute Gasteiger partial charge is 0.481 e. The van der Waals surface area contributed by atoms with Gasteiger partial charge < -0.3 is 5.11 Å². The van der Waals surface area contributed by atoms with Crippen LogP contribution in [-0.2, 0) is 20.0 Å². The molecule has 4 nitrogen and oxygen atoms in total. The summed E-state index contributed by atoms with van der Waals surface area (Å²) in [5, 5.41) is 9.66. The second-order valence-electron chi connectivity index (χ2n) is 6.02. The fraction of sp³-hybridized carbons (Fsp3) is 0.643. The van der Waals surface area contributed by atoms with Gasteiger partial charge in [0.25, 0.3) is 0 Å². The zero-order chi connectivity index (χ0) is 14.5. The molecule has 2 saturated carbocycles. The summed E-state index contributed by atoms with van der Waals surface area (Å²) >= 11 is 1.13. The Balaban J connectivity index is 1.93. The third kappa shape index (κ3) is 2.09. The van der Waals surface area contributed by atoms with E-state index >= 15 is 0 Å². The first-order chi connectivity index (χ1) is 9.35. The second kappa shape index (κ2) is 4.56. The number of carboxylic acid groups (broad SMARTS) is 1. The number of sulfone groups is 1. The summed E-state index contributed by atoms with van der Waals surface area (Å²) in [5.74, 6) is -0.111. The second-order valence-corrected chi connectivity index (χ2v) is 9.35. The van der Waals surface area contributed by atoms with Gasteiger partial charge >= 0.3 is 5.97 Å². The van der Waals surface area contributed by atoms with E-state index in [1.165, 1.54) is 12.8 Å². The lowest BCUT2D eigenvalue weighted by atomic mass is 9.92. The minimum atomic E-state index is -3.25. The Kier molecular flexibility index (Phi) is 3.21. The molecule has 2 aliphatic carbocycles. The van der Waals surface area contributed by atoms with Crippen molar-refractivity contribution in [1.29, 1.82) is 0 Å². The van der Waals surface area contributed by atoms with Crippen molar-refractivity contribution in [2.75, 3.05) is 6.26 Å². The van der Waals surface area contributed by atoms with Crippen molar-refractivity contribution in [2.45, 2.75) is 41.7 Å². The number of hydrogen-bond acceptors (Lipinski definition) is 4. The van der Waals surface area contributed by atoms with Crippen LogP contribution in [0.5, 0.6) is 0 Å². The molecule has 0 aliphatic heterocycles. The minimum Gasteiger partial charge on any atom is -0.481 e. The van der Waals surface area contributed by atoms with Crippen LogP contribution in [0.3, 0.4) is 0 Å². The lowest BCUT2D eigenvalue weighted by molar-refractivity contribution is -0.140. The van der Waals surface area contributed by atoms with E-state index in [9.17, 15) is 18.3 Å². The van der Waals surface area contributed by atoms with E-state index in [-0.39, 0.29) is 10.1 Å². The molecular weight excluding hydrogens is 296 g/mol. The van der Waals surface area contributed by atoms with Crippen LogP contribution in [0.25, 0.3) is 0 Å². The highest BCUT2D eigenvalue weighted by Crippen LogP contribution is 2.62. The molecular formula is C14H18O4S2. The lowest BCUT2D eigenvalue weighted by Crippen LogP contribution is -2.23. The van der Waals surface area contributed by atoms with Crippen LogP contribution in [-0.4, -0.2) is 25.7 Å². The summed E-state index contributed by atoms with van der Waals surface area (Å²) < 4.78 is 23.4. The van der Waals surface area contributed by atoms with Crippen molar-refractivity contribution in [3.63, 3.8) is 0 Å². The molecule has 1 heterocycles. The maximum Gasteiger partial charge on any atom is 0.315 e. The Bertz CT molecular complexity index is 640. The Labute approximate surface area is 122 Å². The third-order valence-electron chi connectivity index (χ3n) is 4.75. The van der Waals surface area contributed by atoms with E-state index in [2.05, 4.69) is 0 Å². The summed E-state index contributed by atoms with van der Waals surface area (Å²) in [5.41, 5.74) is -0.817. The first-order valence-electron chi connectivity index (χ1n) is 6.89. The average molecular weight is 314 g/mol. The smallest absolute Gasteiger partial charge is 0.315 e. The molecule has 0 radical (unpaired) electrons. The molecule has 20 heavy (non-hydrogen) atoms. The molecule has 110 valence electrons. The monoisotopic (exact) mass is 314 g/mol. The molecule has 0 bridgehead atoms. The van der Waals surface area contributed by atoms with Crippen LogP contribution < -0.4 is 0 Å². The summed E-state index contributed by atoms with van der Waals surface area (Å²) in [6, 6.07) is 3.24. The maximum absolute atomic E-state index is 11.8.